The van der Waals surface area contributed by atoms with Crippen LogP contribution in [0.4, 0.5) is 0 Å². The molecule has 2 aliphatic carbocycles. The fourth-order valence-corrected chi connectivity index (χ4v) is 6.27. The van der Waals surface area contributed by atoms with E-state index in [0.29, 0.717) is 5.92 Å². The fourth-order valence-electron chi connectivity index (χ4n) is 6.27. The number of Topliss-reactive ketones (excluding diaryl/α,β-unsaturated/α-hetero) is 1. The van der Waals surface area contributed by atoms with Gasteiger partial charge in [-0.15, -0.1) is 0 Å². The molecule has 2 saturated carbocycles. The van der Waals surface area contributed by atoms with Crippen molar-refractivity contribution in [1.82, 2.24) is 0 Å². The summed E-state index contributed by atoms with van der Waals surface area (Å²) in [6, 6.07) is 0. The predicted octanol–water partition coefficient (Wildman–Crippen LogP) is 4.60. The van der Waals surface area contributed by atoms with Crippen LogP contribution in [0.25, 0.3) is 0 Å². The van der Waals surface area contributed by atoms with Crippen LogP contribution in [0.2, 0.25) is 0 Å². The van der Waals surface area contributed by atoms with E-state index in [1.54, 1.807) is 6.92 Å². The Morgan fingerprint density at radius 1 is 1.29 bits per heavy atom. The van der Waals surface area contributed by atoms with Crippen molar-refractivity contribution in [2.75, 3.05) is 0 Å². The molecule has 0 amide bonds. The average molecular weight is 294 g/mol. The predicted molar refractivity (Wildman–Crippen MR) is 87.0 cm³/mol. The van der Waals surface area contributed by atoms with Gasteiger partial charge in [-0.1, -0.05) is 47.0 Å². The van der Waals surface area contributed by atoms with Gasteiger partial charge in [-0.25, -0.2) is 0 Å². The summed E-state index contributed by atoms with van der Waals surface area (Å²) >= 11 is 0. The quantitative estimate of drug-likeness (QED) is 0.823. The lowest BCUT2D eigenvalue weighted by Gasteiger charge is -2.60. The molecule has 0 saturated heterocycles. The van der Waals surface area contributed by atoms with Crippen molar-refractivity contribution >= 4 is 5.78 Å². The van der Waals surface area contributed by atoms with Crippen LogP contribution in [-0.4, -0.2) is 17.0 Å². The normalized spacial score (nSPS) is 45.0. The molecule has 122 valence electrons. The first kappa shape index (κ1) is 17.0. The molecular weight excluding hydrogens is 260 g/mol. The van der Waals surface area contributed by atoms with Crippen LogP contribution in [0.15, 0.2) is 0 Å². The topological polar surface area (TPSA) is 37.3 Å². The van der Waals surface area contributed by atoms with E-state index in [-0.39, 0.29) is 16.6 Å². The number of hydrogen-bond acceptors (Lipinski definition) is 2. The molecule has 2 nitrogen and oxygen atoms in total. The Bertz CT molecular complexity index is 389. The van der Waals surface area contributed by atoms with Crippen molar-refractivity contribution < 1.29 is 9.90 Å². The van der Waals surface area contributed by atoms with E-state index >= 15 is 0 Å². The van der Waals surface area contributed by atoms with Crippen LogP contribution in [0.1, 0.15) is 79.6 Å². The highest BCUT2D eigenvalue weighted by molar-refractivity contribution is 5.89. The molecule has 0 heterocycles. The second kappa shape index (κ2) is 6.02. The van der Waals surface area contributed by atoms with E-state index in [4.69, 9.17) is 0 Å². The maximum absolute atomic E-state index is 12.9. The van der Waals surface area contributed by atoms with Crippen LogP contribution in [0.3, 0.4) is 0 Å². The maximum atomic E-state index is 12.9. The summed E-state index contributed by atoms with van der Waals surface area (Å²) in [4.78, 5) is 12.9. The molecule has 2 fully saturated rings. The monoisotopic (exact) mass is 294 g/mol. The first-order valence-electron chi connectivity index (χ1n) is 9.05. The number of ketones is 1. The number of aliphatic hydroxyl groups is 1. The molecule has 0 spiro atoms. The zero-order valence-electron chi connectivity index (χ0n) is 14.6. The molecule has 2 rings (SSSR count). The summed E-state index contributed by atoms with van der Waals surface area (Å²) in [5.74, 6) is 2.08. The summed E-state index contributed by atoms with van der Waals surface area (Å²) in [6.07, 6.45) is 7.18. The molecule has 0 aliphatic heterocycles. The lowest BCUT2D eigenvalue weighted by Crippen LogP contribution is -2.57. The van der Waals surface area contributed by atoms with E-state index in [9.17, 15) is 9.90 Å². The Morgan fingerprint density at radius 3 is 2.48 bits per heavy atom. The molecule has 6 unspecified atom stereocenters. The van der Waals surface area contributed by atoms with Crippen molar-refractivity contribution in [2.45, 2.75) is 85.7 Å². The molecule has 0 bridgehead atoms. The fraction of sp³-hybridized carbons (Fsp3) is 0.947. The lowest BCUT2D eigenvalue weighted by molar-refractivity contribution is -0.161. The van der Waals surface area contributed by atoms with E-state index in [2.05, 4.69) is 27.7 Å². The van der Waals surface area contributed by atoms with Gasteiger partial charge in [0.15, 0.2) is 5.78 Å². The highest BCUT2D eigenvalue weighted by Crippen LogP contribution is 2.63. The Labute approximate surface area is 130 Å². The zero-order chi connectivity index (χ0) is 15.8. The first-order chi connectivity index (χ1) is 9.83. The molecule has 0 aromatic carbocycles. The number of carbonyl (C=O) groups excluding carboxylic acids is 1. The Hall–Kier alpha value is -0.370. The summed E-state index contributed by atoms with van der Waals surface area (Å²) in [5, 5.41) is 9.97. The number of aliphatic hydroxyl groups excluding tert-OH is 1. The van der Waals surface area contributed by atoms with E-state index in [0.717, 1.165) is 31.1 Å². The molecule has 6 atom stereocenters. The number of rotatable bonds is 4. The van der Waals surface area contributed by atoms with Gasteiger partial charge in [0.1, 0.15) is 6.10 Å². The third kappa shape index (κ3) is 2.48. The van der Waals surface area contributed by atoms with Gasteiger partial charge in [-0.2, -0.15) is 0 Å². The zero-order valence-corrected chi connectivity index (χ0v) is 14.6. The van der Waals surface area contributed by atoms with Crippen molar-refractivity contribution in [3.8, 4) is 0 Å². The third-order valence-electron chi connectivity index (χ3n) is 7.18. The number of hydrogen-bond donors (Lipinski definition) is 1. The lowest BCUT2D eigenvalue weighted by atomic mass is 9.44. The average Bonchev–Trinajstić information content (AvgIpc) is 2.44. The molecule has 1 N–H and O–H groups in total. The Morgan fingerprint density at radius 2 is 1.95 bits per heavy atom. The van der Waals surface area contributed by atoms with E-state index in [1.807, 2.05) is 0 Å². The molecular formula is C19H34O2. The second-order valence-corrected chi connectivity index (χ2v) is 8.03. The van der Waals surface area contributed by atoms with Crippen LogP contribution >= 0.6 is 0 Å². The van der Waals surface area contributed by atoms with Crippen LogP contribution < -0.4 is 0 Å². The summed E-state index contributed by atoms with van der Waals surface area (Å²) < 4.78 is 0. The number of carbonyl (C=O) groups is 1. The minimum absolute atomic E-state index is 0.106. The third-order valence-corrected chi connectivity index (χ3v) is 7.18. The highest BCUT2D eigenvalue weighted by atomic mass is 16.3. The van der Waals surface area contributed by atoms with Crippen LogP contribution in [0, 0.1) is 28.6 Å². The largest absolute Gasteiger partial charge is 0.386 e. The molecule has 0 radical (unpaired) electrons. The van der Waals surface area contributed by atoms with Crippen molar-refractivity contribution in [3.63, 3.8) is 0 Å². The van der Waals surface area contributed by atoms with E-state index < -0.39 is 6.10 Å². The molecule has 21 heavy (non-hydrogen) atoms. The highest BCUT2D eigenvalue weighted by Gasteiger charge is 2.58. The maximum Gasteiger partial charge on any atom is 0.167 e. The first-order valence-corrected chi connectivity index (χ1v) is 9.05. The standard InChI is InChI=1S/C19H34O2/c1-6-16-18(5)11-8-9-13(3)15(18)10-12-19(16,7-2)17(21)14(4)20/h13-16,20H,6-12H2,1-5H3. The van der Waals surface area contributed by atoms with Gasteiger partial charge in [0.2, 0.25) is 0 Å². The second-order valence-electron chi connectivity index (χ2n) is 8.03. The Balaban J connectivity index is 2.44. The van der Waals surface area contributed by atoms with Gasteiger partial charge in [-0.05, 0) is 55.8 Å². The minimum Gasteiger partial charge on any atom is -0.386 e. The van der Waals surface area contributed by atoms with E-state index in [1.165, 1.54) is 25.7 Å². The van der Waals surface area contributed by atoms with Crippen LogP contribution in [-0.2, 0) is 4.79 Å². The van der Waals surface area contributed by atoms with Gasteiger partial charge in [0.05, 0.1) is 0 Å². The molecule has 0 aromatic rings. The van der Waals surface area contributed by atoms with Gasteiger partial charge in [0.25, 0.3) is 0 Å². The Kier molecular flexibility index (Phi) is 4.87. The van der Waals surface area contributed by atoms with Gasteiger partial charge >= 0.3 is 0 Å². The number of fused-ring (bicyclic) bond motifs is 1. The smallest absolute Gasteiger partial charge is 0.167 e. The molecule has 0 aromatic heterocycles. The van der Waals surface area contributed by atoms with Gasteiger partial charge in [0, 0.05) is 5.41 Å². The van der Waals surface area contributed by atoms with Crippen molar-refractivity contribution in [3.05, 3.63) is 0 Å². The SMILES string of the molecule is CCC1C(CC)(C(=O)C(C)O)CCC2C(C)CCCC21C. The van der Waals surface area contributed by atoms with Crippen molar-refractivity contribution in [1.29, 1.82) is 0 Å². The molecule has 2 heteroatoms. The summed E-state index contributed by atoms with van der Waals surface area (Å²) in [6.45, 7) is 10.9. The molecule has 2 aliphatic rings. The van der Waals surface area contributed by atoms with Gasteiger partial charge in [-0.3, -0.25) is 4.79 Å². The minimum atomic E-state index is -0.819. The summed E-state index contributed by atoms with van der Waals surface area (Å²) in [7, 11) is 0. The summed E-state index contributed by atoms with van der Waals surface area (Å²) in [5.41, 5.74) is -0.00352. The van der Waals surface area contributed by atoms with Crippen molar-refractivity contribution in [2.24, 2.45) is 28.6 Å². The van der Waals surface area contributed by atoms with Crippen LogP contribution in [0.5, 0.6) is 0 Å². The van der Waals surface area contributed by atoms with Gasteiger partial charge < -0.3 is 5.11 Å².